The Morgan fingerprint density at radius 1 is 1.75 bits per heavy atom. The van der Waals surface area contributed by atoms with Crippen LogP contribution in [0.2, 0.25) is 0 Å². The summed E-state index contributed by atoms with van der Waals surface area (Å²) in [5.74, 6) is 0. The number of rotatable bonds is 0. The summed E-state index contributed by atoms with van der Waals surface area (Å²) in [7, 11) is 0. The van der Waals surface area contributed by atoms with Crippen LogP contribution in [0.3, 0.4) is 0 Å². The van der Waals surface area contributed by atoms with E-state index in [1.54, 1.807) is 0 Å². The molecule has 0 fully saturated rings. The van der Waals surface area contributed by atoms with Crippen molar-refractivity contribution in [1.82, 2.24) is 0 Å². The summed E-state index contributed by atoms with van der Waals surface area (Å²) >= 11 is 0. The van der Waals surface area contributed by atoms with Crippen LogP contribution in [0.25, 0.3) is 5.41 Å². The van der Waals surface area contributed by atoms with E-state index in [0.29, 0.717) is 6.08 Å². The van der Waals surface area contributed by atoms with Gasteiger partial charge < -0.3 is 5.41 Å². The molecule has 0 radical (unpaired) electrons. The van der Waals surface area contributed by atoms with Crippen molar-refractivity contribution in [3.05, 3.63) is 5.41 Å². The Labute approximate surface area is 30.8 Å². The van der Waals surface area contributed by atoms with Crippen molar-refractivity contribution >= 4 is 19.6 Å². The number of nitrogens with zero attached hydrogens (tertiary/aromatic N) is 1. The van der Waals surface area contributed by atoms with E-state index in [1.807, 2.05) is 0 Å². The zero-order valence-electron chi connectivity index (χ0n) is 1.93. The molecule has 3 heteroatoms. The largest absolute Gasteiger partial charge is 0.724 e. The maximum absolute atomic E-state index is 8.24. The Bertz CT molecular complexity index is 29.0. The molecule has 24 valence electrons. The highest BCUT2D eigenvalue weighted by Crippen LogP contribution is 0.949. The molecule has 0 saturated heterocycles. The number of isocyanates is 1. The predicted octanol–water partition coefficient (Wildman–Crippen LogP) is -0.914. The highest BCUT2D eigenvalue weighted by atomic mass is 32.1. The minimum Gasteiger partial charge on any atom is -0.724 e. The van der Waals surface area contributed by atoms with Gasteiger partial charge in [-0.1, -0.05) is 13.5 Å². The molecule has 0 N–H and O–H groups in total. The Hall–Kier alpha value is -0.270. The van der Waals surface area contributed by atoms with Crippen molar-refractivity contribution < 1.29 is 4.79 Å². The second-order valence-electron chi connectivity index (χ2n) is 0.0913. The smallest absolute Gasteiger partial charge is 0.0159 e. The second-order valence-corrected chi connectivity index (χ2v) is 0.0913. The van der Waals surface area contributed by atoms with E-state index in [4.69, 9.17) is 10.2 Å². The fourth-order valence-electron chi connectivity index (χ4n) is 0. The summed E-state index contributed by atoms with van der Waals surface area (Å²) < 4.78 is 0. The summed E-state index contributed by atoms with van der Waals surface area (Å²) in [6.07, 6.45) is 0.500. The van der Waals surface area contributed by atoms with Gasteiger partial charge in [0.15, 0.2) is 0 Å². The van der Waals surface area contributed by atoms with Gasteiger partial charge in [-0.05, 0) is 6.08 Å². The molecule has 0 aliphatic rings. The van der Waals surface area contributed by atoms with Crippen LogP contribution in [0.5, 0.6) is 0 Å². The molecule has 2 nitrogen and oxygen atoms in total. The Morgan fingerprint density at radius 3 is 1.75 bits per heavy atom. The summed E-state index contributed by atoms with van der Waals surface area (Å²) in [4.78, 5) is 8.24. The van der Waals surface area contributed by atoms with Crippen LogP contribution in [0.4, 0.5) is 0 Å². The SMILES string of the molecule is [N-]=C=O.[SH3+]. The Kier molecular flexibility index (Phi) is 35.6. The quantitative estimate of drug-likeness (QED) is 0.209. The number of carbonyl (C=O) groups excluding carboxylic acids is 1. The third-order valence-electron chi connectivity index (χ3n) is 0. The summed E-state index contributed by atoms with van der Waals surface area (Å²) in [6.45, 7) is 0. The van der Waals surface area contributed by atoms with Gasteiger partial charge in [0.25, 0.3) is 0 Å². The van der Waals surface area contributed by atoms with E-state index in [2.05, 4.69) is 0 Å². The van der Waals surface area contributed by atoms with Crippen molar-refractivity contribution in [2.45, 2.75) is 0 Å². The van der Waals surface area contributed by atoms with Gasteiger partial charge in [0.05, 0.1) is 0 Å². The molecule has 0 aromatic heterocycles. The third kappa shape index (κ3) is 12.6. The molecular weight excluding hydrogens is 74.1 g/mol. The van der Waals surface area contributed by atoms with Crippen molar-refractivity contribution in [3.8, 4) is 0 Å². The van der Waals surface area contributed by atoms with Crippen molar-refractivity contribution in [2.75, 3.05) is 0 Å². The molecule has 0 bridgehead atoms. The highest BCUT2D eigenvalue weighted by Gasteiger charge is 0.791. The molecule has 0 heterocycles. The minimum absolute atomic E-state index is 0. The summed E-state index contributed by atoms with van der Waals surface area (Å²) in [5, 5.41) is 6.76. The van der Waals surface area contributed by atoms with Crippen LogP contribution in [-0.2, 0) is 18.3 Å². The monoisotopic (exact) mass is 77.0 g/mol. The summed E-state index contributed by atoms with van der Waals surface area (Å²) in [5.41, 5.74) is 0. The number of hydrogen-bond acceptors (Lipinski definition) is 1. The Morgan fingerprint density at radius 2 is 1.75 bits per heavy atom. The predicted molar refractivity (Wildman–Crippen MR) is 20.6 cm³/mol. The zero-order chi connectivity index (χ0) is 2.71. The second kappa shape index (κ2) is 15.3. The molecular formula is CH3NOS. The van der Waals surface area contributed by atoms with E-state index in [9.17, 15) is 0 Å². The summed E-state index contributed by atoms with van der Waals surface area (Å²) in [6, 6.07) is 0. The molecule has 0 saturated carbocycles. The molecule has 4 heavy (non-hydrogen) atoms. The van der Waals surface area contributed by atoms with E-state index in [-0.39, 0.29) is 13.5 Å². The van der Waals surface area contributed by atoms with Crippen molar-refractivity contribution in [2.24, 2.45) is 0 Å². The average Bonchev–Trinajstić information content (AvgIpc) is 0.918. The zero-order valence-corrected chi connectivity index (χ0v) is 3.09. The van der Waals surface area contributed by atoms with Gasteiger partial charge in [-0.2, -0.15) is 0 Å². The van der Waals surface area contributed by atoms with Crippen LogP contribution >= 0.6 is 0 Å². The molecule has 0 spiro atoms. The lowest BCUT2D eigenvalue weighted by Gasteiger charge is -1.32. The van der Waals surface area contributed by atoms with Gasteiger partial charge in [-0.15, -0.1) is 0 Å². The Balaban J connectivity index is 0. The van der Waals surface area contributed by atoms with Gasteiger partial charge in [-0.25, -0.2) is 0 Å². The maximum atomic E-state index is 8.24. The van der Waals surface area contributed by atoms with Crippen LogP contribution in [-0.4, -0.2) is 6.08 Å². The fourth-order valence-corrected chi connectivity index (χ4v) is 0. The first-order valence-corrected chi connectivity index (χ1v) is 0.428. The molecule has 0 amide bonds. The number of hydrogen-bond donors (Lipinski definition) is 0. The van der Waals surface area contributed by atoms with E-state index in [1.165, 1.54) is 0 Å². The molecule has 0 unspecified atom stereocenters. The van der Waals surface area contributed by atoms with E-state index >= 15 is 0 Å². The first-order chi connectivity index (χ1) is 1.41. The molecule has 0 atom stereocenters. The van der Waals surface area contributed by atoms with Gasteiger partial charge in [0.2, 0.25) is 0 Å². The molecule has 0 aromatic rings. The van der Waals surface area contributed by atoms with Gasteiger partial charge in [0.1, 0.15) is 0 Å². The van der Waals surface area contributed by atoms with E-state index < -0.39 is 0 Å². The van der Waals surface area contributed by atoms with Gasteiger partial charge in [0, 0.05) is 0 Å². The lowest BCUT2D eigenvalue weighted by molar-refractivity contribution is 0.569. The first-order valence-electron chi connectivity index (χ1n) is 0.428. The van der Waals surface area contributed by atoms with E-state index in [0.717, 1.165) is 0 Å². The van der Waals surface area contributed by atoms with Crippen molar-refractivity contribution in [3.63, 3.8) is 0 Å². The normalized spacial score (nSPS) is 2.00. The molecule has 0 aromatic carbocycles. The van der Waals surface area contributed by atoms with Gasteiger partial charge in [-0.3, -0.25) is 4.79 Å². The van der Waals surface area contributed by atoms with Crippen LogP contribution < -0.4 is 0 Å². The first kappa shape index (κ1) is 9.29. The van der Waals surface area contributed by atoms with Crippen molar-refractivity contribution in [1.29, 1.82) is 0 Å². The third-order valence-corrected chi connectivity index (χ3v) is 0. The lowest BCUT2D eigenvalue weighted by atomic mass is 11.7. The maximum Gasteiger partial charge on any atom is -0.0159 e. The van der Waals surface area contributed by atoms with Gasteiger partial charge >= 0.3 is 0 Å². The topological polar surface area (TPSA) is 39.4 Å². The lowest BCUT2D eigenvalue weighted by Crippen LogP contribution is -1.13. The molecule has 0 aliphatic carbocycles. The molecule has 0 rings (SSSR count). The average molecular weight is 77.1 g/mol. The molecule has 0 aliphatic heterocycles. The highest BCUT2D eigenvalue weighted by molar-refractivity contribution is 7.37. The van der Waals surface area contributed by atoms with Crippen LogP contribution in [0.15, 0.2) is 0 Å². The fraction of sp³-hybridized carbons (Fsp3) is 0. The minimum atomic E-state index is 0. The van der Waals surface area contributed by atoms with Crippen LogP contribution in [0.1, 0.15) is 0 Å². The van der Waals surface area contributed by atoms with Crippen LogP contribution in [0, 0.1) is 0 Å². The standard InChI is InChI=1S/CNO.H2S/c2-1-3;/h;1H2/q-1;/p+1.